The van der Waals surface area contributed by atoms with E-state index in [4.69, 9.17) is 4.74 Å². The van der Waals surface area contributed by atoms with Gasteiger partial charge in [0.2, 0.25) is 0 Å². The molecule has 0 aliphatic heterocycles. The highest BCUT2D eigenvalue weighted by molar-refractivity contribution is 7.98. The highest BCUT2D eigenvalue weighted by Crippen LogP contribution is 2.23. The molecule has 0 atom stereocenters. The first-order chi connectivity index (χ1) is 16.1. The Morgan fingerprint density at radius 3 is 2.48 bits per heavy atom. The number of carbonyl (C=O) groups excluding carboxylic acids is 1. The van der Waals surface area contributed by atoms with Crippen molar-refractivity contribution >= 4 is 17.7 Å². The molecule has 0 saturated heterocycles. The zero-order valence-corrected chi connectivity index (χ0v) is 18.9. The van der Waals surface area contributed by atoms with Gasteiger partial charge in [-0.25, -0.2) is 4.39 Å². The van der Waals surface area contributed by atoms with Crippen LogP contribution in [0.4, 0.5) is 4.39 Å². The fourth-order valence-electron chi connectivity index (χ4n) is 3.26. The van der Waals surface area contributed by atoms with E-state index in [1.807, 2.05) is 41.0 Å². The van der Waals surface area contributed by atoms with Crippen LogP contribution in [0.3, 0.4) is 0 Å². The van der Waals surface area contributed by atoms with E-state index in [9.17, 15) is 9.18 Å². The van der Waals surface area contributed by atoms with E-state index >= 15 is 0 Å². The molecule has 0 spiro atoms. The number of aromatic nitrogens is 3. The third-order valence-electron chi connectivity index (χ3n) is 4.99. The molecule has 0 unspecified atom stereocenters. The molecular weight excluding hydrogens is 439 g/mol. The molecule has 3 aromatic carbocycles. The highest BCUT2D eigenvalue weighted by Gasteiger charge is 2.15. The number of hydrogen-bond donors (Lipinski definition) is 1. The summed E-state index contributed by atoms with van der Waals surface area (Å²) < 4.78 is 20.7. The molecule has 1 N–H and O–H groups in total. The summed E-state index contributed by atoms with van der Waals surface area (Å²) in [5.74, 6) is 1.42. The Morgan fingerprint density at radius 1 is 1.00 bits per heavy atom. The molecule has 168 valence electrons. The Kier molecular flexibility index (Phi) is 7.36. The molecule has 4 rings (SSSR count). The Bertz CT molecular complexity index is 1210. The largest absolute Gasteiger partial charge is 0.497 e. The topological polar surface area (TPSA) is 69.0 Å². The first-order valence-corrected chi connectivity index (χ1v) is 11.4. The lowest BCUT2D eigenvalue weighted by atomic mass is 10.2. The summed E-state index contributed by atoms with van der Waals surface area (Å²) >= 11 is 1.48. The minimum absolute atomic E-state index is 0.208. The average molecular weight is 463 g/mol. The smallest absolute Gasteiger partial charge is 0.251 e. The van der Waals surface area contributed by atoms with Gasteiger partial charge < -0.3 is 14.6 Å². The van der Waals surface area contributed by atoms with Crippen molar-refractivity contribution in [2.45, 2.75) is 24.0 Å². The second-order valence-electron chi connectivity index (χ2n) is 7.30. The van der Waals surface area contributed by atoms with Gasteiger partial charge in [0.05, 0.1) is 20.2 Å². The number of rotatable bonds is 9. The number of thioether (sulfide) groups is 1. The molecule has 0 aliphatic rings. The fourth-order valence-corrected chi connectivity index (χ4v) is 4.16. The second kappa shape index (κ2) is 10.8. The SMILES string of the molecule is COc1ccc(C(=O)NCc2nnc(SCc3cccc(F)c3)n2Cc2ccccc2)cc1. The van der Waals surface area contributed by atoms with Gasteiger partial charge in [0.15, 0.2) is 11.0 Å². The minimum atomic E-state index is -0.263. The van der Waals surface area contributed by atoms with Crippen LogP contribution in [-0.4, -0.2) is 27.8 Å². The van der Waals surface area contributed by atoms with Crippen molar-refractivity contribution in [3.63, 3.8) is 0 Å². The average Bonchev–Trinajstić information content (AvgIpc) is 3.23. The molecule has 4 aromatic rings. The van der Waals surface area contributed by atoms with Gasteiger partial charge in [-0.05, 0) is 47.5 Å². The van der Waals surface area contributed by atoms with Crippen LogP contribution in [0.2, 0.25) is 0 Å². The molecule has 0 aliphatic carbocycles. The first kappa shape index (κ1) is 22.5. The standard InChI is InChI=1S/C25H23FN4O2S/c1-32-22-12-10-20(11-13-22)24(31)27-15-23-28-29-25(30(23)16-18-6-3-2-4-7-18)33-17-19-8-5-9-21(26)14-19/h2-14H,15-17H2,1H3,(H,27,31). The van der Waals surface area contributed by atoms with E-state index in [-0.39, 0.29) is 18.3 Å². The molecule has 1 amide bonds. The van der Waals surface area contributed by atoms with Gasteiger partial charge in [-0.2, -0.15) is 0 Å². The van der Waals surface area contributed by atoms with Crippen molar-refractivity contribution in [3.8, 4) is 5.75 Å². The van der Waals surface area contributed by atoms with E-state index < -0.39 is 0 Å². The number of amides is 1. The Hall–Kier alpha value is -3.65. The monoisotopic (exact) mass is 462 g/mol. The quantitative estimate of drug-likeness (QED) is 0.365. The first-order valence-electron chi connectivity index (χ1n) is 10.4. The molecule has 0 fully saturated rings. The summed E-state index contributed by atoms with van der Waals surface area (Å²) in [6, 6.07) is 23.4. The Morgan fingerprint density at radius 2 is 1.76 bits per heavy atom. The van der Waals surface area contributed by atoms with Crippen LogP contribution in [0.1, 0.15) is 27.3 Å². The van der Waals surface area contributed by atoms with Crippen molar-refractivity contribution in [3.05, 3.63) is 107 Å². The molecule has 0 bridgehead atoms. The number of benzene rings is 3. The van der Waals surface area contributed by atoms with Gasteiger partial charge in [-0.3, -0.25) is 4.79 Å². The highest BCUT2D eigenvalue weighted by atomic mass is 32.2. The summed E-state index contributed by atoms with van der Waals surface area (Å²) in [6.07, 6.45) is 0. The van der Waals surface area contributed by atoms with Crippen molar-refractivity contribution in [1.82, 2.24) is 20.1 Å². The normalized spacial score (nSPS) is 10.7. The Balaban J connectivity index is 1.50. The second-order valence-corrected chi connectivity index (χ2v) is 8.24. The van der Waals surface area contributed by atoms with Crippen molar-refractivity contribution < 1.29 is 13.9 Å². The summed E-state index contributed by atoms with van der Waals surface area (Å²) in [5, 5.41) is 12.3. The number of methoxy groups -OCH3 is 1. The number of nitrogens with zero attached hydrogens (tertiary/aromatic N) is 3. The molecule has 8 heteroatoms. The van der Waals surface area contributed by atoms with Gasteiger partial charge in [-0.15, -0.1) is 10.2 Å². The lowest BCUT2D eigenvalue weighted by molar-refractivity contribution is 0.0949. The Labute approximate surface area is 195 Å². The van der Waals surface area contributed by atoms with Crippen LogP contribution < -0.4 is 10.1 Å². The molecule has 6 nitrogen and oxygen atoms in total. The van der Waals surface area contributed by atoms with Gasteiger partial charge in [0.1, 0.15) is 11.6 Å². The maximum absolute atomic E-state index is 13.5. The lowest BCUT2D eigenvalue weighted by Crippen LogP contribution is -2.25. The van der Waals surface area contributed by atoms with Crippen molar-refractivity contribution in [1.29, 1.82) is 0 Å². The van der Waals surface area contributed by atoms with Crippen LogP contribution >= 0.6 is 11.8 Å². The third kappa shape index (κ3) is 5.98. The number of ether oxygens (including phenoxy) is 1. The lowest BCUT2D eigenvalue weighted by Gasteiger charge is -2.11. The predicted molar refractivity (Wildman–Crippen MR) is 126 cm³/mol. The number of nitrogens with one attached hydrogen (secondary N) is 1. The van der Waals surface area contributed by atoms with Gasteiger partial charge >= 0.3 is 0 Å². The van der Waals surface area contributed by atoms with Crippen molar-refractivity contribution in [2.75, 3.05) is 7.11 Å². The summed E-state index contributed by atoms with van der Waals surface area (Å²) in [7, 11) is 1.58. The fraction of sp³-hybridized carbons (Fsp3) is 0.160. The van der Waals surface area contributed by atoms with Crippen LogP contribution in [0, 0.1) is 5.82 Å². The number of halogens is 1. The van der Waals surface area contributed by atoms with E-state index in [1.165, 1.54) is 23.9 Å². The van der Waals surface area contributed by atoms with Crippen LogP contribution in [0.5, 0.6) is 5.75 Å². The number of carbonyl (C=O) groups is 1. The molecule has 0 radical (unpaired) electrons. The summed E-state index contributed by atoms with van der Waals surface area (Å²) in [4.78, 5) is 12.6. The maximum Gasteiger partial charge on any atom is 0.251 e. The number of hydrogen-bond acceptors (Lipinski definition) is 5. The predicted octanol–water partition coefficient (Wildman–Crippen LogP) is 4.70. The van der Waals surface area contributed by atoms with Gasteiger partial charge in [0.25, 0.3) is 5.91 Å². The molecule has 0 saturated carbocycles. The maximum atomic E-state index is 13.5. The zero-order chi connectivity index (χ0) is 23.0. The summed E-state index contributed by atoms with van der Waals surface area (Å²) in [5.41, 5.74) is 2.49. The van der Waals surface area contributed by atoms with Crippen LogP contribution in [-0.2, 0) is 18.8 Å². The van der Waals surface area contributed by atoms with Crippen molar-refractivity contribution in [2.24, 2.45) is 0 Å². The van der Waals surface area contributed by atoms with E-state index in [0.29, 0.717) is 34.6 Å². The van der Waals surface area contributed by atoms with E-state index in [1.54, 1.807) is 37.4 Å². The molecule has 33 heavy (non-hydrogen) atoms. The molecular formula is C25H23FN4O2S. The third-order valence-corrected chi connectivity index (χ3v) is 6.03. The molecule has 1 heterocycles. The van der Waals surface area contributed by atoms with E-state index in [2.05, 4.69) is 15.5 Å². The van der Waals surface area contributed by atoms with Gasteiger partial charge in [0, 0.05) is 11.3 Å². The molecule has 1 aromatic heterocycles. The van der Waals surface area contributed by atoms with E-state index in [0.717, 1.165) is 11.1 Å². The van der Waals surface area contributed by atoms with Gasteiger partial charge in [-0.1, -0.05) is 54.2 Å². The van der Waals surface area contributed by atoms with Crippen LogP contribution in [0.25, 0.3) is 0 Å². The summed E-state index contributed by atoms with van der Waals surface area (Å²) in [6.45, 7) is 0.790. The zero-order valence-electron chi connectivity index (χ0n) is 18.1. The van der Waals surface area contributed by atoms with Crippen LogP contribution in [0.15, 0.2) is 84.0 Å². The minimum Gasteiger partial charge on any atom is -0.497 e.